The van der Waals surface area contributed by atoms with Crippen molar-refractivity contribution >= 4 is 23.4 Å². The van der Waals surface area contributed by atoms with Gasteiger partial charge in [0.25, 0.3) is 0 Å². The van der Waals surface area contributed by atoms with Crippen molar-refractivity contribution in [2.24, 2.45) is 0 Å². The SMILES string of the molecule is Cc1cccc(Oc2ccc(NC(=O)CSc3nnc(COc4ccccc4F)n3N)cc2)c1. The maximum atomic E-state index is 13.7. The van der Waals surface area contributed by atoms with Crippen molar-refractivity contribution in [1.29, 1.82) is 0 Å². The number of aromatic nitrogens is 3. The monoisotopic (exact) mass is 479 g/mol. The maximum Gasteiger partial charge on any atom is 0.234 e. The molecule has 0 unspecified atom stereocenters. The van der Waals surface area contributed by atoms with Crippen molar-refractivity contribution in [3.63, 3.8) is 0 Å². The van der Waals surface area contributed by atoms with E-state index in [1.807, 2.05) is 31.2 Å². The first-order valence-electron chi connectivity index (χ1n) is 10.3. The van der Waals surface area contributed by atoms with Gasteiger partial charge < -0.3 is 20.6 Å². The van der Waals surface area contributed by atoms with E-state index in [0.29, 0.717) is 22.4 Å². The summed E-state index contributed by atoms with van der Waals surface area (Å²) in [6.45, 7) is 1.94. The first-order chi connectivity index (χ1) is 16.5. The molecule has 1 aromatic heterocycles. The summed E-state index contributed by atoms with van der Waals surface area (Å²) in [7, 11) is 0. The van der Waals surface area contributed by atoms with E-state index >= 15 is 0 Å². The van der Waals surface area contributed by atoms with Crippen LogP contribution in [-0.2, 0) is 11.4 Å². The van der Waals surface area contributed by atoms with Gasteiger partial charge in [0.2, 0.25) is 11.1 Å². The summed E-state index contributed by atoms with van der Waals surface area (Å²) in [5.74, 6) is 7.15. The van der Waals surface area contributed by atoms with E-state index in [1.54, 1.807) is 36.4 Å². The van der Waals surface area contributed by atoms with E-state index in [9.17, 15) is 9.18 Å². The summed E-state index contributed by atoms with van der Waals surface area (Å²) < 4.78 is 26.1. The van der Waals surface area contributed by atoms with Crippen LogP contribution in [0.2, 0.25) is 0 Å². The summed E-state index contributed by atoms with van der Waals surface area (Å²) in [4.78, 5) is 12.3. The second-order valence-corrected chi connectivity index (χ2v) is 8.21. The largest absolute Gasteiger partial charge is 0.482 e. The van der Waals surface area contributed by atoms with Crippen molar-refractivity contribution in [2.45, 2.75) is 18.7 Å². The minimum atomic E-state index is -0.480. The predicted molar refractivity (Wildman–Crippen MR) is 128 cm³/mol. The van der Waals surface area contributed by atoms with Crippen LogP contribution in [0.25, 0.3) is 0 Å². The zero-order valence-electron chi connectivity index (χ0n) is 18.3. The number of nitrogens with zero attached hydrogens (tertiary/aromatic N) is 3. The fourth-order valence-corrected chi connectivity index (χ4v) is 3.63. The van der Waals surface area contributed by atoms with E-state index in [-0.39, 0.29) is 24.0 Å². The number of amides is 1. The Labute approximate surface area is 199 Å². The molecule has 174 valence electrons. The summed E-state index contributed by atoms with van der Waals surface area (Å²) in [6.07, 6.45) is 0. The molecule has 0 aliphatic heterocycles. The quantitative estimate of drug-likeness (QED) is 0.268. The Balaban J connectivity index is 1.26. The average Bonchev–Trinajstić information content (AvgIpc) is 3.18. The summed E-state index contributed by atoms with van der Waals surface area (Å²) in [6, 6.07) is 20.9. The number of benzene rings is 3. The number of halogens is 1. The van der Waals surface area contributed by atoms with Gasteiger partial charge in [-0.05, 0) is 61.0 Å². The highest BCUT2D eigenvalue weighted by Crippen LogP contribution is 2.24. The minimum Gasteiger partial charge on any atom is -0.482 e. The summed E-state index contributed by atoms with van der Waals surface area (Å²) >= 11 is 1.12. The van der Waals surface area contributed by atoms with Crippen LogP contribution in [-0.4, -0.2) is 26.5 Å². The third-order valence-electron chi connectivity index (χ3n) is 4.62. The Morgan fingerprint density at radius 2 is 1.85 bits per heavy atom. The number of anilines is 1. The van der Waals surface area contributed by atoms with Crippen molar-refractivity contribution in [3.05, 3.63) is 90.0 Å². The van der Waals surface area contributed by atoms with Crippen LogP contribution in [0, 0.1) is 12.7 Å². The predicted octanol–water partition coefficient (Wildman–Crippen LogP) is 4.54. The number of thioether (sulfide) groups is 1. The molecule has 0 radical (unpaired) electrons. The van der Waals surface area contributed by atoms with E-state index in [1.165, 1.54) is 16.8 Å². The van der Waals surface area contributed by atoms with Gasteiger partial charge in [-0.25, -0.2) is 9.07 Å². The van der Waals surface area contributed by atoms with E-state index in [0.717, 1.165) is 23.1 Å². The number of carbonyl (C=O) groups excluding carboxylic acids is 1. The van der Waals surface area contributed by atoms with Crippen LogP contribution in [0.5, 0.6) is 17.2 Å². The fourth-order valence-electron chi connectivity index (χ4n) is 2.96. The first-order valence-corrected chi connectivity index (χ1v) is 11.3. The molecular formula is C24H22FN5O3S. The molecule has 8 nitrogen and oxygen atoms in total. The van der Waals surface area contributed by atoms with Crippen LogP contribution in [0.15, 0.2) is 78.0 Å². The number of nitrogen functional groups attached to an aromatic ring is 1. The van der Waals surface area contributed by atoms with Crippen LogP contribution >= 0.6 is 11.8 Å². The van der Waals surface area contributed by atoms with Gasteiger partial charge in [0.15, 0.2) is 17.4 Å². The van der Waals surface area contributed by atoms with Crippen molar-refractivity contribution < 1.29 is 18.7 Å². The number of ether oxygens (including phenoxy) is 2. The molecule has 0 saturated carbocycles. The molecule has 1 heterocycles. The molecule has 0 bridgehead atoms. The molecule has 1 amide bonds. The van der Waals surface area contributed by atoms with Crippen LogP contribution < -0.4 is 20.6 Å². The normalized spacial score (nSPS) is 10.6. The van der Waals surface area contributed by atoms with Gasteiger partial charge in [0, 0.05) is 5.69 Å². The molecule has 0 fully saturated rings. The molecule has 10 heteroatoms. The van der Waals surface area contributed by atoms with Gasteiger partial charge in [-0.3, -0.25) is 4.79 Å². The molecule has 4 rings (SSSR count). The lowest BCUT2D eigenvalue weighted by molar-refractivity contribution is -0.113. The standard InChI is InChI=1S/C24H22FN5O3S/c1-16-5-4-6-19(13-16)33-18-11-9-17(10-12-18)27-23(31)15-34-24-29-28-22(30(24)26)14-32-21-8-3-2-7-20(21)25/h2-13H,14-15,26H2,1H3,(H,27,31). The third kappa shape index (κ3) is 6.04. The van der Waals surface area contributed by atoms with Crippen LogP contribution in [0.3, 0.4) is 0 Å². The average molecular weight is 480 g/mol. The van der Waals surface area contributed by atoms with E-state index < -0.39 is 5.82 Å². The number of hydrogen-bond acceptors (Lipinski definition) is 7. The fraction of sp³-hybridized carbons (Fsp3) is 0.125. The zero-order valence-corrected chi connectivity index (χ0v) is 19.1. The van der Waals surface area contributed by atoms with Crippen molar-refractivity contribution in [3.8, 4) is 17.2 Å². The number of carbonyl (C=O) groups is 1. The van der Waals surface area contributed by atoms with Gasteiger partial charge in [-0.1, -0.05) is 36.0 Å². The number of aryl methyl sites for hydroxylation is 1. The van der Waals surface area contributed by atoms with Gasteiger partial charge in [-0.2, -0.15) is 0 Å². The molecular weight excluding hydrogens is 457 g/mol. The molecule has 34 heavy (non-hydrogen) atoms. The Bertz CT molecular complexity index is 1280. The lowest BCUT2D eigenvalue weighted by Gasteiger charge is -2.09. The molecule has 0 saturated heterocycles. The Hall–Kier alpha value is -4.05. The second-order valence-electron chi connectivity index (χ2n) is 7.27. The summed E-state index contributed by atoms with van der Waals surface area (Å²) in [5, 5.41) is 11.1. The molecule has 0 aliphatic carbocycles. The zero-order chi connectivity index (χ0) is 23.9. The minimum absolute atomic E-state index is 0.0613. The van der Waals surface area contributed by atoms with E-state index in [2.05, 4.69) is 15.5 Å². The highest BCUT2D eigenvalue weighted by atomic mass is 32.2. The molecule has 0 atom stereocenters. The topological polar surface area (TPSA) is 104 Å². The molecule has 3 N–H and O–H groups in total. The van der Waals surface area contributed by atoms with Gasteiger partial charge in [-0.15, -0.1) is 10.2 Å². The van der Waals surface area contributed by atoms with Crippen molar-refractivity contribution in [1.82, 2.24) is 14.9 Å². The number of rotatable bonds is 9. The maximum absolute atomic E-state index is 13.7. The Kier molecular flexibility index (Phi) is 7.28. The van der Waals surface area contributed by atoms with Crippen molar-refractivity contribution in [2.75, 3.05) is 16.9 Å². The number of nitrogens with one attached hydrogen (secondary N) is 1. The Morgan fingerprint density at radius 1 is 1.06 bits per heavy atom. The second kappa shape index (κ2) is 10.7. The smallest absolute Gasteiger partial charge is 0.234 e. The van der Waals surface area contributed by atoms with E-state index in [4.69, 9.17) is 15.3 Å². The van der Waals surface area contributed by atoms with Gasteiger partial charge >= 0.3 is 0 Å². The summed E-state index contributed by atoms with van der Waals surface area (Å²) in [5.41, 5.74) is 1.74. The highest BCUT2D eigenvalue weighted by Gasteiger charge is 2.14. The molecule has 0 aliphatic rings. The lowest BCUT2D eigenvalue weighted by atomic mass is 10.2. The molecule has 3 aromatic carbocycles. The number of nitrogens with two attached hydrogens (primary N) is 1. The lowest BCUT2D eigenvalue weighted by Crippen LogP contribution is -2.18. The number of para-hydroxylation sites is 1. The first kappa shape index (κ1) is 23.1. The number of hydrogen-bond donors (Lipinski definition) is 2. The van der Waals surface area contributed by atoms with Crippen LogP contribution in [0.4, 0.5) is 10.1 Å². The molecule has 4 aromatic rings. The molecule has 0 spiro atoms. The van der Waals surface area contributed by atoms with Gasteiger partial charge in [0.1, 0.15) is 18.1 Å². The Morgan fingerprint density at radius 3 is 2.62 bits per heavy atom. The highest BCUT2D eigenvalue weighted by molar-refractivity contribution is 7.99. The van der Waals surface area contributed by atoms with Gasteiger partial charge in [0.05, 0.1) is 5.75 Å². The van der Waals surface area contributed by atoms with Crippen LogP contribution in [0.1, 0.15) is 11.4 Å². The third-order valence-corrected chi connectivity index (χ3v) is 5.57.